The molecule has 2 aromatic rings. The fourth-order valence-electron chi connectivity index (χ4n) is 3.02. The Bertz CT molecular complexity index is 694. The number of para-hydroxylation sites is 1. The molecule has 3 rings (SSSR count). The predicted octanol–water partition coefficient (Wildman–Crippen LogP) is 0.951. The summed E-state index contributed by atoms with van der Waals surface area (Å²) in [6.07, 6.45) is 2.64. The number of likely N-dealkylation sites (tertiary alicyclic amines) is 1. The van der Waals surface area contributed by atoms with E-state index in [1.54, 1.807) is 11.3 Å². The summed E-state index contributed by atoms with van der Waals surface area (Å²) in [7, 11) is -4.09. The number of nitrogens with zero attached hydrogens (tertiary/aromatic N) is 1. The van der Waals surface area contributed by atoms with Gasteiger partial charge in [0.1, 0.15) is 6.04 Å². The van der Waals surface area contributed by atoms with Crippen LogP contribution in [0.2, 0.25) is 0 Å². The van der Waals surface area contributed by atoms with Crippen molar-refractivity contribution >= 4 is 31.7 Å². The van der Waals surface area contributed by atoms with Crippen LogP contribution in [0.15, 0.2) is 24.3 Å². The van der Waals surface area contributed by atoms with Crippen LogP contribution in [0.3, 0.4) is 0 Å². The highest BCUT2D eigenvalue weighted by Gasteiger charge is 2.32. The highest BCUT2D eigenvalue weighted by atomic mass is 32.2. The third-order valence-corrected chi connectivity index (χ3v) is 5.92. The lowest BCUT2D eigenvalue weighted by atomic mass is 10.2. The Labute approximate surface area is 128 Å². The van der Waals surface area contributed by atoms with Crippen LogP contribution in [0.25, 0.3) is 10.2 Å². The molecule has 1 N–H and O–H groups in total. The molecule has 1 unspecified atom stereocenters. The summed E-state index contributed by atoms with van der Waals surface area (Å²) < 4.78 is 33.3. The molecule has 2 heterocycles. The van der Waals surface area contributed by atoms with E-state index in [2.05, 4.69) is 6.07 Å². The van der Waals surface area contributed by atoms with Gasteiger partial charge in [-0.25, -0.2) is 13.4 Å². The van der Waals surface area contributed by atoms with Crippen LogP contribution in [-0.2, 0) is 10.1 Å². The summed E-state index contributed by atoms with van der Waals surface area (Å²) in [5.41, 5.74) is 1.03. The fourth-order valence-corrected chi connectivity index (χ4v) is 4.68. The smallest absolute Gasteiger partial charge is 0.151 e. The highest BCUT2D eigenvalue weighted by Crippen LogP contribution is 2.28. The van der Waals surface area contributed by atoms with Crippen molar-refractivity contribution in [1.29, 1.82) is 0 Å². The van der Waals surface area contributed by atoms with Gasteiger partial charge in [0.05, 0.1) is 33.4 Å². The molecule has 0 aliphatic carbocycles. The lowest BCUT2D eigenvalue weighted by Crippen LogP contribution is -3.10. The van der Waals surface area contributed by atoms with E-state index in [0.717, 1.165) is 36.5 Å². The second-order valence-electron chi connectivity index (χ2n) is 5.49. The standard InChI is InChI=1S/C14H18N2O3S2/c17-21(18,19)10-4-9-16-8-3-6-12(16)14-15-11-5-1-2-7-13(11)20-14/h1-2,5,7,12H,3-4,6,8-10H2,(H,17,18,19)/t12-/m0/s1. The molecule has 114 valence electrons. The number of quaternary nitrogens is 1. The number of thiazole rings is 1. The minimum absolute atomic E-state index is 0.261. The number of benzene rings is 1. The van der Waals surface area contributed by atoms with Gasteiger partial charge in [0.2, 0.25) is 0 Å². The van der Waals surface area contributed by atoms with Gasteiger partial charge in [-0.1, -0.05) is 12.1 Å². The monoisotopic (exact) mass is 326 g/mol. The first-order chi connectivity index (χ1) is 10.0. The van der Waals surface area contributed by atoms with Crippen LogP contribution < -0.4 is 4.90 Å². The molecule has 7 heteroatoms. The zero-order valence-corrected chi connectivity index (χ0v) is 13.3. The van der Waals surface area contributed by atoms with Crippen LogP contribution in [-0.4, -0.2) is 36.8 Å². The molecule has 1 aliphatic rings. The van der Waals surface area contributed by atoms with Crippen molar-refractivity contribution in [2.75, 3.05) is 18.8 Å². The van der Waals surface area contributed by atoms with E-state index in [1.807, 2.05) is 18.2 Å². The summed E-state index contributed by atoms with van der Waals surface area (Å²) in [5.74, 6) is -0.261. The molecule has 1 aromatic heterocycles. The summed E-state index contributed by atoms with van der Waals surface area (Å²) in [5, 5.41) is 1.13. The van der Waals surface area contributed by atoms with Gasteiger partial charge in [0.25, 0.3) is 0 Å². The van der Waals surface area contributed by atoms with Crippen molar-refractivity contribution in [2.45, 2.75) is 25.3 Å². The maximum Gasteiger partial charge on any atom is 0.151 e. The van der Waals surface area contributed by atoms with E-state index < -0.39 is 10.1 Å². The number of nitrogens with one attached hydrogen (secondary N) is 1. The third kappa shape index (κ3) is 3.60. The number of hydrogen-bond donors (Lipinski definition) is 1. The molecule has 5 nitrogen and oxygen atoms in total. The molecule has 0 radical (unpaired) electrons. The van der Waals surface area contributed by atoms with E-state index in [0.29, 0.717) is 12.5 Å². The van der Waals surface area contributed by atoms with Gasteiger partial charge in [-0.05, 0) is 12.1 Å². The van der Waals surface area contributed by atoms with Crippen molar-refractivity contribution in [3.63, 3.8) is 0 Å². The largest absolute Gasteiger partial charge is 0.748 e. The molecule has 0 spiro atoms. The van der Waals surface area contributed by atoms with Crippen LogP contribution >= 0.6 is 11.3 Å². The molecule has 21 heavy (non-hydrogen) atoms. The first-order valence-corrected chi connectivity index (χ1v) is 9.56. The molecule has 1 aromatic carbocycles. The van der Waals surface area contributed by atoms with E-state index >= 15 is 0 Å². The van der Waals surface area contributed by atoms with Gasteiger partial charge >= 0.3 is 0 Å². The van der Waals surface area contributed by atoms with Crippen LogP contribution in [0.1, 0.15) is 30.3 Å². The van der Waals surface area contributed by atoms with Gasteiger partial charge in [0, 0.05) is 25.0 Å². The van der Waals surface area contributed by atoms with Crippen molar-refractivity contribution in [2.24, 2.45) is 0 Å². The molecular weight excluding hydrogens is 308 g/mol. The summed E-state index contributed by atoms with van der Waals surface area (Å²) in [4.78, 5) is 6.08. The van der Waals surface area contributed by atoms with E-state index in [-0.39, 0.29) is 5.75 Å². The minimum Gasteiger partial charge on any atom is -0.748 e. The Balaban J connectivity index is 1.71. The molecule has 0 saturated carbocycles. The quantitative estimate of drug-likeness (QED) is 0.830. The second-order valence-corrected chi connectivity index (χ2v) is 8.07. The number of rotatable bonds is 5. The minimum atomic E-state index is -4.09. The maximum absolute atomic E-state index is 10.7. The van der Waals surface area contributed by atoms with E-state index in [1.165, 1.54) is 9.60 Å². The molecule has 2 atom stereocenters. The second kappa shape index (κ2) is 6.00. The highest BCUT2D eigenvalue weighted by molar-refractivity contribution is 7.85. The Morgan fingerprint density at radius 2 is 2.19 bits per heavy atom. The molecular formula is C14H18N2O3S2. The molecule has 0 amide bonds. The Hall–Kier alpha value is -1.02. The zero-order chi connectivity index (χ0) is 14.9. The third-order valence-electron chi connectivity index (χ3n) is 3.98. The average Bonchev–Trinajstić information content (AvgIpc) is 3.02. The van der Waals surface area contributed by atoms with Crippen LogP contribution in [0, 0.1) is 0 Å². The Morgan fingerprint density at radius 3 is 2.95 bits per heavy atom. The van der Waals surface area contributed by atoms with Gasteiger partial charge in [0.15, 0.2) is 5.01 Å². The lowest BCUT2D eigenvalue weighted by molar-refractivity contribution is -0.918. The first kappa shape index (κ1) is 14.9. The average molecular weight is 326 g/mol. The Morgan fingerprint density at radius 1 is 1.38 bits per heavy atom. The summed E-state index contributed by atoms with van der Waals surface area (Å²) in [6.45, 7) is 1.75. The maximum atomic E-state index is 10.7. The van der Waals surface area contributed by atoms with Crippen molar-refractivity contribution in [1.82, 2.24) is 4.98 Å². The summed E-state index contributed by atoms with van der Waals surface area (Å²) >= 11 is 1.73. The van der Waals surface area contributed by atoms with Crippen molar-refractivity contribution < 1.29 is 17.9 Å². The van der Waals surface area contributed by atoms with E-state index in [4.69, 9.17) is 4.98 Å². The van der Waals surface area contributed by atoms with Crippen LogP contribution in [0.5, 0.6) is 0 Å². The van der Waals surface area contributed by atoms with Gasteiger partial charge in [-0.3, -0.25) is 0 Å². The van der Waals surface area contributed by atoms with Crippen molar-refractivity contribution in [3.8, 4) is 0 Å². The number of hydrogen-bond acceptors (Lipinski definition) is 5. The van der Waals surface area contributed by atoms with Gasteiger partial charge < -0.3 is 9.45 Å². The first-order valence-electron chi connectivity index (χ1n) is 7.16. The number of aromatic nitrogens is 1. The fraction of sp³-hybridized carbons (Fsp3) is 0.500. The van der Waals surface area contributed by atoms with E-state index in [9.17, 15) is 13.0 Å². The lowest BCUT2D eigenvalue weighted by Gasteiger charge is -2.20. The normalized spacial score (nSPS) is 22.9. The zero-order valence-electron chi connectivity index (χ0n) is 11.6. The number of fused-ring (bicyclic) bond motifs is 1. The Kier molecular flexibility index (Phi) is 4.26. The predicted molar refractivity (Wildman–Crippen MR) is 81.5 cm³/mol. The topological polar surface area (TPSA) is 74.5 Å². The van der Waals surface area contributed by atoms with Crippen LogP contribution in [0.4, 0.5) is 0 Å². The molecule has 1 saturated heterocycles. The molecule has 1 fully saturated rings. The van der Waals surface area contributed by atoms with Gasteiger partial charge in [-0.2, -0.15) is 0 Å². The molecule has 0 bridgehead atoms. The molecule has 1 aliphatic heterocycles. The summed E-state index contributed by atoms with van der Waals surface area (Å²) in [6, 6.07) is 8.45. The van der Waals surface area contributed by atoms with Crippen molar-refractivity contribution in [3.05, 3.63) is 29.3 Å². The SMILES string of the molecule is O=S(=O)([O-])CCC[NH+]1CCC[C@H]1c1nc2ccccc2s1. The van der Waals surface area contributed by atoms with Gasteiger partial charge in [-0.15, -0.1) is 11.3 Å².